The molecule has 2 aromatic rings. The maximum Gasteiger partial charge on any atom is 0.230 e. The van der Waals surface area contributed by atoms with E-state index < -0.39 is 0 Å². The highest BCUT2D eigenvalue weighted by atomic mass is 16.5. The summed E-state index contributed by atoms with van der Waals surface area (Å²) in [6.45, 7) is 10.5. The molecule has 0 atom stereocenters. The minimum absolute atomic E-state index is 0.391. The number of nitrogens with zero attached hydrogens (tertiary/aromatic N) is 2. The molecule has 2 rings (SSSR count). The SMILES string of the molecule is COCCN(Cc1nc(-c2ccc(OC)c(C)c2OC)oc1C)C(C)C. The average molecular weight is 362 g/mol. The topological polar surface area (TPSA) is 57.0 Å². The summed E-state index contributed by atoms with van der Waals surface area (Å²) in [5.41, 5.74) is 2.68. The van der Waals surface area contributed by atoms with Crippen LogP contribution in [-0.2, 0) is 11.3 Å². The van der Waals surface area contributed by atoms with Gasteiger partial charge in [0.1, 0.15) is 17.3 Å². The Kier molecular flexibility index (Phi) is 7.06. The lowest BCUT2D eigenvalue weighted by Gasteiger charge is -2.25. The lowest BCUT2D eigenvalue weighted by atomic mass is 10.1. The molecule has 26 heavy (non-hydrogen) atoms. The van der Waals surface area contributed by atoms with Crippen LogP contribution in [0.2, 0.25) is 0 Å². The van der Waals surface area contributed by atoms with E-state index >= 15 is 0 Å². The summed E-state index contributed by atoms with van der Waals surface area (Å²) in [5, 5.41) is 0. The van der Waals surface area contributed by atoms with Crippen LogP contribution in [-0.4, -0.2) is 50.4 Å². The number of hydrogen-bond acceptors (Lipinski definition) is 6. The number of oxazole rings is 1. The second-order valence-electron chi connectivity index (χ2n) is 6.55. The Balaban J connectivity index is 2.34. The van der Waals surface area contributed by atoms with E-state index in [4.69, 9.17) is 23.6 Å². The molecule has 0 aliphatic heterocycles. The summed E-state index contributed by atoms with van der Waals surface area (Å²) in [5.74, 6) is 2.88. The van der Waals surface area contributed by atoms with Crippen LogP contribution in [0, 0.1) is 13.8 Å². The second-order valence-corrected chi connectivity index (χ2v) is 6.55. The van der Waals surface area contributed by atoms with Gasteiger partial charge in [-0.3, -0.25) is 4.90 Å². The van der Waals surface area contributed by atoms with Crippen molar-refractivity contribution in [2.75, 3.05) is 34.5 Å². The number of benzene rings is 1. The fourth-order valence-corrected chi connectivity index (χ4v) is 2.94. The predicted octanol–water partition coefficient (Wildman–Crippen LogP) is 3.83. The van der Waals surface area contributed by atoms with Gasteiger partial charge in [0.25, 0.3) is 0 Å². The van der Waals surface area contributed by atoms with E-state index in [1.807, 2.05) is 26.0 Å². The van der Waals surface area contributed by atoms with Gasteiger partial charge in [0, 0.05) is 31.8 Å². The minimum atomic E-state index is 0.391. The van der Waals surface area contributed by atoms with Crippen LogP contribution in [0.3, 0.4) is 0 Å². The van der Waals surface area contributed by atoms with Crippen molar-refractivity contribution in [2.45, 2.75) is 40.3 Å². The lowest BCUT2D eigenvalue weighted by Crippen LogP contribution is -2.33. The second kappa shape index (κ2) is 9.05. The van der Waals surface area contributed by atoms with Crippen molar-refractivity contribution < 1.29 is 18.6 Å². The summed E-state index contributed by atoms with van der Waals surface area (Å²) in [7, 11) is 5.01. The Morgan fingerprint density at radius 1 is 1.12 bits per heavy atom. The van der Waals surface area contributed by atoms with Gasteiger partial charge in [-0.05, 0) is 39.8 Å². The number of methoxy groups -OCH3 is 3. The summed E-state index contributed by atoms with van der Waals surface area (Å²) < 4.78 is 22.1. The molecule has 0 spiro atoms. The molecular weight excluding hydrogens is 332 g/mol. The molecule has 0 N–H and O–H groups in total. The fraction of sp³-hybridized carbons (Fsp3) is 0.550. The largest absolute Gasteiger partial charge is 0.496 e. The zero-order valence-corrected chi connectivity index (χ0v) is 16.9. The summed E-state index contributed by atoms with van der Waals surface area (Å²) in [6.07, 6.45) is 0. The van der Waals surface area contributed by atoms with Gasteiger partial charge < -0.3 is 18.6 Å². The molecule has 1 aromatic carbocycles. The molecule has 1 heterocycles. The van der Waals surface area contributed by atoms with Crippen LogP contribution in [0.1, 0.15) is 30.9 Å². The van der Waals surface area contributed by atoms with Crippen molar-refractivity contribution in [3.8, 4) is 23.0 Å². The highest BCUT2D eigenvalue weighted by Gasteiger charge is 2.20. The van der Waals surface area contributed by atoms with Crippen molar-refractivity contribution in [1.82, 2.24) is 9.88 Å². The molecule has 0 aliphatic rings. The number of aromatic nitrogens is 1. The molecule has 0 amide bonds. The molecule has 0 aliphatic carbocycles. The van der Waals surface area contributed by atoms with Gasteiger partial charge in [0.05, 0.1) is 32.1 Å². The zero-order chi connectivity index (χ0) is 19.3. The smallest absolute Gasteiger partial charge is 0.230 e. The molecule has 0 saturated heterocycles. The van der Waals surface area contributed by atoms with Gasteiger partial charge in [-0.1, -0.05) is 0 Å². The van der Waals surface area contributed by atoms with Crippen molar-refractivity contribution >= 4 is 0 Å². The monoisotopic (exact) mass is 362 g/mol. The maximum absolute atomic E-state index is 5.97. The summed E-state index contributed by atoms with van der Waals surface area (Å²) in [4.78, 5) is 7.06. The molecule has 0 unspecified atom stereocenters. The molecule has 0 radical (unpaired) electrons. The Morgan fingerprint density at radius 3 is 2.42 bits per heavy atom. The number of aryl methyl sites for hydroxylation is 1. The van der Waals surface area contributed by atoms with Crippen LogP contribution in [0.5, 0.6) is 11.5 Å². The number of ether oxygens (including phenoxy) is 3. The van der Waals surface area contributed by atoms with E-state index in [2.05, 4.69) is 18.7 Å². The molecule has 1 aromatic heterocycles. The van der Waals surface area contributed by atoms with E-state index in [-0.39, 0.29) is 0 Å². The minimum Gasteiger partial charge on any atom is -0.496 e. The molecule has 6 nitrogen and oxygen atoms in total. The molecule has 0 fully saturated rings. The van der Waals surface area contributed by atoms with E-state index in [1.54, 1.807) is 21.3 Å². The quantitative estimate of drug-likeness (QED) is 0.676. The highest BCUT2D eigenvalue weighted by Crippen LogP contribution is 2.38. The molecule has 0 bridgehead atoms. The molecule has 144 valence electrons. The van der Waals surface area contributed by atoms with Gasteiger partial charge in [-0.25, -0.2) is 4.98 Å². The van der Waals surface area contributed by atoms with E-state index in [1.165, 1.54) is 0 Å². The first-order valence-electron chi connectivity index (χ1n) is 8.84. The fourth-order valence-electron chi connectivity index (χ4n) is 2.94. The van der Waals surface area contributed by atoms with E-state index in [0.717, 1.165) is 40.6 Å². The van der Waals surface area contributed by atoms with Crippen LogP contribution in [0.25, 0.3) is 11.5 Å². The van der Waals surface area contributed by atoms with Crippen molar-refractivity contribution in [3.63, 3.8) is 0 Å². The van der Waals surface area contributed by atoms with Crippen molar-refractivity contribution in [1.29, 1.82) is 0 Å². The van der Waals surface area contributed by atoms with Gasteiger partial charge in [0.15, 0.2) is 0 Å². The third-order valence-electron chi connectivity index (χ3n) is 4.57. The van der Waals surface area contributed by atoms with E-state index in [9.17, 15) is 0 Å². The first-order chi connectivity index (χ1) is 12.4. The van der Waals surface area contributed by atoms with Crippen LogP contribution < -0.4 is 9.47 Å². The average Bonchev–Trinajstić information content (AvgIpc) is 2.98. The summed E-state index contributed by atoms with van der Waals surface area (Å²) >= 11 is 0. The predicted molar refractivity (Wildman–Crippen MR) is 102 cm³/mol. The maximum atomic E-state index is 5.97. The van der Waals surface area contributed by atoms with Gasteiger partial charge in [0.2, 0.25) is 5.89 Å². The Labute approximate surface area is 156 Å². The van der Waals surface area contributed by atoms with Crippen molar-refractivity contribution in [2.24, 2.45) is 0 Å². The lowest BCUT2D eigenvalue weighted by molar-refractivity contribution is 0.124. The van der Waals surface area contributed by atoms with Gasteiger partial charge in [-0.2, -0.15) is 0 Å². The van der Waals surface area contributed by atoms with Gasteiger partial charge >= 0.3 is 0 Å². The number of hydrogen-bond donors (Lipinski definition) is 0. The Bertz CT molecular complexity index is 725. The van der Waals surface area contributed by atoms with Crippen molar-refractivity contribution in [3.05, 3.63) is 29.2 Å². The van der Waals surface area contributed by atoms with Gasteiger partial charge in [-0.15, -0.1) is 0 Å². The molecule has 0 saturated carbocycles. The zero-order valence-electron chi connectivity index (χ0n) is 16.9. The normalized spacial score (nSPS) is 11.4. The van der Waals surface area contributed by atoms with Crippen LogP contribution in [0.15, 0.2) is 16.5 Å². The molecular formula is C20H30N2O4. The Morgan fingerprint density at radius 2 is 1.85 bits per heavy atom. The Hall–Kier alpha value is -2.05. The van der Waals surface area contributed by atoms with Crippen LogP contribution in [0.4, 0.5) is 0 Å². The molecule has 6 heteroatoms. The summed E-state index contributed by atoms with van der Waals surface area (Å²) in [6, 6.07) is 4.22. The van der Waals surface area contributed by atoms with E-state index in [0.29, 0.717) is 25.1 Å². The van der Waals surface area contributed by atoms with Crippen LogP contribution >= 0.6 is 0 Å². The first-order valence-corrected chi connectivity index (χ1v) is 8.84. The first kappa shape index (κ1) is 20.3. The number of rotatable bonds is 9. The third kappa shape index (κ3) is 4.37. The standard InChI is InChI=1S/C20H30N2O4/c1-13(2)22(10-11-23-5)12-17-15(4)26-20(21-17)16-8-9-18(24-6)14(3)19(16)25-7/h8-9,13H,10-12H2,1-7H3. The highest BCUT2D eigenvalue weighted by molar-refractivity contribution is 5.68. The third-order valence-corrected chi connectivity index (χ3v) is 4.57.